The van der Waals surface area contributed by atoms with Crippen LogP contribution in [0.15, 0.2) is 30.3 Å². The number of benzene rings is 1. The molecule has 2 rings (SSSR count). The predicted octanol–water partition coefficient (Wildman–Crippen LogP) is 3.03. The Balaban J connectivity index is 2.39. The van der Waals surface area contributed by atoms with E-state index in [1.54, 1.807) is 0 Å². The largest absolute Gasteiger partial charge is 0.319 e. The van der Waals surface area contributed by atoms with Gasteiger partial charge in [0.1, 0.15) is 5.82 Å². The number of hydrogen-bond acceptors (Lipinski definition) is 3. The quantitative estimate of drug-likeness (QED) is 0.892. The Labute approximate surface area is 138 Å². The van der Waals surface area contributed by atoms with E-state index in [-0.39, 0.29) is 11.3 Å². The number of hydrogen-bond donors (Lipinski definition) is 2. The summed E-state index contributed by atoms with van der Waals surface area (Å²) in [6.07, 6.45) is 0.431. The number of carbonyl (C=O) groups excluding carboxylic acids is 1. The van der Waals surface area contributed by atoms with Crippen molar-refractivity contribution in [3.05, 3.63) is 41.6 Å². The van der Waals surface area contributed by atoms with Gasteiger partial charge in [-0.3, -0.25) is 4.79 Å². The molecule has 2 aromatic rings. The van der Waals surface area contributed by atoms with Crippen LogP contribution < -0.4 is 10.6 Å². The molecule has 1 aromatic heterocycles. The molecule has 1 amide bonds. The van der Waals surface area contributed by atoms with Crippen LogP contribution in [0.2, 0.25) is 0 Å². The average molecular weight is 314 g/mol. The zero-order chi connectivity index (χ0) is 17.0. The first-order valence-electron chi connectivity index (χ1n) is 7.93. The topological polar surface area (TPSA) is 59.0 Å². The summed E-state index contributed by atoms with van der Waals surface area (Å²) in [6, 6.07) is 10.1. The predicted molar refractivity (Wildman–Crippen MR) is 94.2 cm³/mol. The van der Waals surface area contributed by atoms with Gasteiger partial charge >= 0.3 is 0 Å². The molecule has 0 aliphatic heterocycles. The van der Waals surface area contributed by atoms with Gasteiger partial charge in [0.05, 0.1) is 11.4 Å². The molecule has 5 nitrogen and oxygen atoms in total. The molecule has 5 heteroatoms. The van der Waals surface area contributed by atoms with Gasteiger partial charge in [-0.1, -0.05) is 32.9 Å². The lowest BCUT2D eigenvalue weighted by atomic mass is 9.92. The lowest BCUT2D eigenvalue weighted by Crippen LogP contribution is -2.20. The van der Waals surface area contributed by atoms with Crippen LogP contribution in [0.4, 0.5) is 5.82 Å². The van der Waals surface area contributed by atoms with Crippen molar-refractivity contribution in [2.75, 3.05) is 18.9 Å². The summed E-state index contributed by atoms with van der Waals surface area (Å²) in [6.45, 7) is 9.03. The highest BCUT2D eigenvalue weighted by Crippen LogP contribution is 2.26. The molecule has 1 heterocycles. The maximum atomic E-state index is 12.1. The van der Waals surface area contributed by atoms with Crippen molar-refractivity contribution in [1.29, 1.82) is 0 Å². The molecule has 124 valence electrons. The van der Waals surface area contributed by atoms with Crippen molar-refractivity contribution >= 4 is 11.7 Å². The highest BCUT2D eigenvalue weighted by Gasteiger charge is 2.21. The third kappa shape index (κ3) is 4.42. The maximum Gasteiger partial charge on any atom is 0.226 e. The minimum atomic E-state index is -0.0838. The maximum absolute atomic E-state index is 12.1. The Morgan fingerprint density at radius 2 is 2.00 bits per heavy atom. The SMILES string of the molecule is CNCCC(=O)Nc1cc(C(C)(C)C)nn1-c1cccc(C)c1. The highest BCUT2D eigenvalue weighted by atomic mass is 16.1. The molecule has 23 heavy (non-hydrogen) atoms. The second-order valence-electron chi connectivity index (χ2n) is 6.82. The van der Waals surface area contributed by atoms with Crippen molar-refractivity contribution in [1.82, 2.24) is 15.1 Å². The highest BCUT2D eigenvalue weighted by molar-refractivity contribution is 5.90. The van der Waals surface area contributed by atoms with E-state index < -0.39 is 0 Å². The first-order valence-corrected chi connectivity index (χ1v) is 7.93. The molecule has 0 atom stereocenters. The average Bonchev–Trinajstić information content (AvgIpc) is 2.89. The van der Waals surface area contributed by atoms with Crippen LogP contribution in [0, 0.1) is 6.92 Å². The van der Waals surface area contributed by atoms with E-state index in [0.717, 1.165) is 16.9 Å². The molecule has 0 fully saturated rings. The molecule has 2 N–H and O–H groups in total. The normalized spacial score (nSPS) is 11.5. The Hall–Kier alpha value is -2.14. The van der Waals surface area contributed by atoms with Gasteiger partial charge in [-0.05, 0) is 31.7 Å². The molecule has 0 saturated heterocycles. The zero-order valence-electron chi connectivity index (χ0n) is 14.6. The van der Waals surface area contributed by atoms with Gasteiger partial charge in [0.25, 0.3) is 0 Å². The second kappa shape index (κ2) is 6.96. The first-order chi connectivity index (χ1) is 10.8. The van der Waals surface area contributed by atoms with Crippen molar-refractivity contribution in [2.45, 2.75) is 39.5 Å². The Kier molecular flexibility index (Phi) is 5.21. The van der Waals surface area contributed by atoms with Crippen molar-refractivity contribution in [3.63, 3.8) is 0 Å². The van der Waals surface area contributed by atoms with Crippen LogP contribution in [0.3, 0.4) is 0 Å². The first kappa shape index (κ1) is 17.2. The number of rotatable bonds is 5. The number of nitrogens with one attached hydrogen (secondary N) is 2. The van der Waals surface area contributed by atoms with Gasteiger partial charge in [0, 0.05) is 24.4 Å². The van der Waals surface area contributed by atoms with E-state index in [1.165, 1.54) is 0 Å². The van der Waals surface area contributed by atoms with Gasteiger partial charge in [0.2, 0.25) is 5.91 Å². The van der Waals surface area contributed by atoms with E-state index >= 15 is 0 Å². The molecule has 0 aliphatic rings. The molecule has 0 unspecified atom stereocenters. The van der Waals surface area contributed by atoms with Crippen LogP contribution in [-0.4, -0.2) is 29.3 Å². The Bertz CT molecular complexity index is 683. The monoisotopic (exact) mass is 314 g/mol. The summed E-state index contributed by atoms with van der Waals surface area (Å²) in [7, 11) is 1.84. The van der Waals surface area contributed by atoms with Gasteiger partial charge in [-0.15, -0.1) is 0 Å². The van der Waals surface area contributed by atoms with E-state index in [0.29, 0.717) is 18.8 Å². The lowest BCUT2D eigenvalue weighted by molar-refractivity contribution is -0.116. The van der Waals surface area contributed by atoms with E-state index in [2.05, 4.69) is 37.5 Å². The molecule has 1 aromatic carbocycles. The summed E-state index contributed by atoms with van der Waals surface area (Å²) in [5.41, 5.74) is 2.97. The van der Waals surface area contributed by atoms with Crippen LogP contribution in [0.5, 0.6) is 0 Å². The Morgan fingerprint density at radius 3 is 2.61 bits per heavy atom. The van der Waals surface area contributed by atoms with Crippen molar-refractivity contribution in [2.24, 2.45) is 0 Å². The van der Waals surface area contributed by atoms with Crippen molar-refractivity contribution in [3.8, 4) is 5.69 Å². The van der Waals surface area contributed by atoms with E-state index in [1.807, 2.05) is 42.9 Å². The summed E-state index contributed by atoms with van der Waals surface area (Å²) >= 11 is 0. The second-order valence-corrected chi connectivity index (χ2v) is 6.82. The minimum absolute atomic E-state index is 0.0198. The molecular formula is C18H26N4O. The molecule has 0 bridgehead atoms. The van der Waals surface area contributed by atoms with Crippen LogP contribution >= 0.6 is 0 Å². The van der Waals surface area contributed by atoms with Gasteiger partial charge in [-0.25, -0.2) is 4.68 Å². The number of nitrogens with zero attached hydrogens (tertiary/aromatic N) is 2. The van der Waals surface area contributed by atoms with Gasteiger partial charge < -0.3 is 10.6 Å². The summed E-state index contributed by atoms with van der Waals surface area (Å²) < 4.78 is 1.81. The van der Waals surface area contributed by atoms with Crippen LogP contribution in [0.25, 0.3) is 5.69 Å². The summed E-state index contributed by atoms with van der Waals surface area (Å²) in [5.74, 6) is 0.690. The lowest BCUT2D eigenvalue weighted by Gasteiger charge is -2.14. The smallest absolute Gasteiger partial charge is 0.226 e. The van der Waals surface area contributed by atoms with E-state index in [4.69, 9.17) is 5.10 Å². The number of anilines is 1. The fraction of sp³-hybridized carbons (Fsp3) is 0.444. The number of aryl methyl sites for hydroxylation is 1. The summed E-state index contributed by atoms with van der Waals surface area (Å²) in [5, 5.41) is 10.7. The fourth-order valence-electron chi connectivity index (χ4n) is 2.24. The number of aromatic nitrogens is 2. The third-order valence-corrected chi connectivity index (χ3v) is 3.59. The number of carbonyl (C=O) groups is 1. The zero-order valence-corrected chi connectivity index (χ0v) is 14.6. The van der Waals surface area contributed by atoms with E-state index in [9.17, 15) is 4.79 Å². The summed E-state index contributed by atoms with van der Waals surface area (Å²) in [4.78, 5) is 12.1. The van der Waals surface area contributed by atoms with Crippen molar-refractivity contribution < 1.29 is 4.79 Å². The molecule has 0 radical (unpaired) electrons. The molecule has 0 spiro atoms. The third-order valence-electron chi connectivity index (χ3n) is 3.59. The Morgan fingerprint density at radius 1 is 1.26 bits per heavy atom. The molecular weight excluding hydrogens is 288 g/mol. The fourth-order valence-corrected chi connectivity index (χ4v) is 2.24. The molecule has 0 saturated carbocycles. The van der Waals surface area contributed by atoms with Gasteiger partial charge in [0.15, 0.2) is 0 Å². The number of amides is 1. The van der Waals surface area contributed by atoms with Crippen LogP contribution in [-0.2, 0) is 10.2 Å². The van der Waals surface area contributed by atoms with Gasteiger partial charge in [-0.2, -0.15) is 5.10 Å². The molecule has 0 aliphatic carbocycles. The minimum Gasteiger partial charge on any atom is -0.319 e. The standard InChI is InChI=1S/C18H26N4O/c1-13-7-6-8-14(11-13)22-16(20-17(23)9-10-19-5)12-15(21-22)18(2,3)4/h6-8,11-12,19H,9-10H2,1-5H3,(H,20,23). The van der Waals surface area contributed by atoms with Crippen LogP contribution in [0.1, 0.15) is 38.4 Å².